The molecule has 0 spiro atoms. The van der Waals surface area contributed by atoms with Gasteiger partial charge in [0.25, 0.3) is 0 Å². The lowest BCUT2D eigenvalue weighted by Gasteiger charge is -2.15. The minimum Gasteiger partial charge on any atom is -0.493 e. The first-order valence-corrected chi connectivity index (χ1v) is 4.40. The van der Waals surface area contributed by atoms with Gasteiger partial charge in [-0.3, -0.25) is 0 Å². The van der Waals surface area contributed by atoms with Gasteiger partial charge in [-0.2, -0.15) is 0 Å². The lowest BCUT2D eigenvalue weighted by molar-refractivity contribution is 0.336. The molecule has 1 aliphatic rings. The zero-order valence-corrected chi connectivity index (χ0v) is 8.24. The molecular formula is C11H12O3. The van der Waals surface area contributed by atoms with Gasteiger partial charge in [-0.1, -0.05) is 6.08 Å². The number of methoxy groups -OCH3 is 2. The topological polar surface area (TPSA) is 27.7 Å². The molecule has 0 unspecified atom stereocenters. The van der Waals surface area contributed by atoms with Gasteiger partial charge in [0.15, 0.2) is 11.5 Å². The van der Waals surface area contributed by atoms with Crippen LogP contribution in [-0.4, -0.2) is 20.8 Å². The highest BCUT2D eigenvalue weighted by molar-refractivity contribution is 5.64. The maximum Gasteiger partial charge on any atom is 0.164 e. The van der Waals surface area contributed by atoms with Crippen LogP contribution in [-0.2, 0) is 0 Å². The second-order valence-electron chi connectivity index (χ2n) is 2.96. The van der Waals surface area contributed by atoms with Gasteiger partial charge >= 0.3 is 0 Å². The molecule has 1 heterocycles. The van der Waals surface area contributed by atoms with Crippen LogP contribution in [0.3, 0.4) is 0 Å². The van der Waals surface area contributed by atoms with E-state index in [-0.39, 0.29) is 0 Å². The lowest BCUT2D eigenvalue weighted by Crippen LogP contribution is -2.01. The summed E-state index contributed by atoms with van der Waals surface area (Å²) in [5.41, 5.74) is 1.02. The van der Waals surface area contributed by atoms with Gasteiger partial charge in [0, 0.05) is 11.6 Å². The van der Waals surface area contributed by atoms with Crippen LogP contribution in [0, 0.1) is 0 Å². The zero-order chi connectivity index (χ0) is 9.97. The summed E-state index contributed by atoms with van der Waals surface area (Å²) in [6.45, 7) is 0.614. The van der Waals surface area contributed by atoms with Gasteiger partial charge in [0.2, 0.25) is 0 Å². The number of benzene rings is 1. The molecule has 0 radical (unpaired) electrons. The average Bonchev–Trinajstić information content (AvgIpc) is 2.27. The summed E-state index contributed by atoms with van der Waals surface area (Å²) in [6, 6.07) is 3.75. The molecule has 0 N–H and O–H groups in total. The number of rotatable bonds is 2. The highest BCUT2D eigenvalue weighted by atomic mass is 16.5. The predicted molar refractivity (Wildman–Crippen MR) is 54.1 cm³/mol. The Bertz CT molecular complexity index is 369. The van der Waals surface area contributed by atoms with Gasteiger partial charge in [-0.25, -0.2) is 0 Å². The Hall–Kier alpha value is -1.64. The van der Waals surface area contributed by atoms with Crippen molar-refractivity contribution in [3.63, 3.8) is 0 Å². The van der Waals surface area contributed by atoms with E-state index in [2.05, 4.69) is 0 Å². The molecule has 0 aromatic heterocycles. The molecule has 3 heteroatoms. The van der Waals surface area contributed by atoms with Crippen molar-refractivity contribution in [1.29, 1.82) is 0 Å². The van der Waals surface area contributed by atoms with Crippen LogP contribution in [0.5, 0.6) is 17.2 Å². The smallest absolute Gasteiger partial charge is 0.164 e. The molecular weight excluding hydrogens is 180 g/mol. The summed E-state index contributed by atoms with van der Waals surface area (Å²) in [5.74, 6) is 2.26. The van der Waals surface area contributed by atoms with Gasteiger partial charge in [0.05, 0.1) is 14.2 Å². The van der Waals surface area contributed by atoms with Crippen molar-refractivity contribution in [3.8, 4) is 17.2 Å². The van der Waals surface area contributed by atoms with E-state index in [1.807, 2.05) is 24.3 Å². The van der Waals surface area contributed by atoms with Crippen LogP contribution < -0.4 is 14.2 Å². The molecule has 74 valence electrons. The molecule has 0 amide bonds. The molecule has 1 aliphatic heterocycles. The van der Waals surface area contributed by atoms with E-state index in [9.17, 15) is 0 Å². The van der Waals surface area contributed by atoms with Crippen molar-refractivity contribution >= 4 is 6.08 Å². The standard InChI is InChI=1S/C11H12O3/c1-12-10-6-8-4-3-5-14-9(8)7-11(10)13-2/h3-4,6-7H,5H2,1-2H3. The van der Waals surface area contributed by atoms with Crippen LogP contribution >= 0.6 is 0 Å². The maximum absolute atomic E-state index is 5.44. The third-order valence-corrected chi connectivity index (χ3v) is 2.15. The van der Waals surface area contributed by atoms with Crippen LogP contribution in [0.15, 0.2) is 18.2 Å². The monoisotopic (exact) mass is 192 g/mol. The Morgan fingerprint density at radius 3 is 2.57 bits per heavy atom. The summed E-state index contributed by atoms with van der Waals surface area (Å²) < 4.78 is 15.8. The Morgan fingerprint density at radius 1 is 1.14 bits per heavy atom. The van der Waals surface area contributed by atoms with Gasteiger partial charge < -0.3 is 14.2 Å². The Kier molecular flexibility index (Phi) is 2.31. The molecule has 0 atom stereocenters. The van der Waals surface area contributed by atoms with Crippen molar-refractivity contribution < 1.29 is 14.2 Å². The molecule has 3 nitrogen and oxygen atoms in total. The second kappa shape index (κ2) is 3.62. The molecule has 0 fully saturated rings. The molecule has 2 rings (SSSR count). The summed E-state index contributed by atoms with van der Waals surface area (Å²) in [5, 5.41) is 0. The summed E-state index contributed by atoms with van der Waals surface area (Å²) in [6.07, 6.45) is 3.98. The zero-order valence-electron chi connectivity index (χ0n) is 8.24. The molecule has 1 aromatic carbocycles. The fourth-order valence-electron chi connectivity index (χ4n) is 1.44. The number of hydrogen-bond acceptors (Lipinski definition) is 3. The van der Waals surface area contributed by atoms with Crippen molar-refractivity contribution in [3.05, 3.63) is 23.8 Å². The van der Waals surface area contributed by atoms with E-state index < -0.39 is 0 Å². The molecule has 0 bridgehead atoms. The summed E-state index contributed by atoms with van der Waals surface area (Å²) in [7, 11) is 3.24. The molecule has 0 aliphatic carbocycles. The predicted octanol–water partition coefficient (Wildman–Crippen LogP) is 2.11. The fraction of sp³-hybridized carbons (Fsp3) is 0.273. The van der Waals surface area contributed by atoms with E-state index in [4.69, 9.17) is 14.2 Å². The first-order valence-electron chi connectivity index (χ1n) is 4.40. The molecule has 1 aromatic rings. The lowest BCUT2D eigenvalue weighted by atomic mass is 10.1. The second-order valence-corrected chi connectivity index (χ2v) is 2.96. The van der Waals surface area contributed by atoms with Crippen LogP contribution in [0.2, 0.25) is 0 Å². The Labute approximate surface area is 82.9 Å². The van der Waals surface area contributed by atoms with Crippen molar-refractivity contribution in [2.75, 3.05) is 20.8 Å². The molecule has 0 saturated carbocycles. The van der Waals surface area contributed by atoms with E-state index in [0.717, 1.165) is 17.1 Å². The Morgan fingerprint density at radius 2 is 1.86 bits per heavy atom. The average molecular weight is 192 g/mol. The van der Waals surface area contributed by atoms with Gasteiger partial charge in [-0.15, -0.1) is 0 Å². The number of ether oxygens (including phenoxy) is 3. The van der Waals surface area contributed by atoms with Gasteiger partial charge in [-0.05, 0) is 12.1 Å². The first kappa shape index (κ1) is 8.94. The SMILES string of the molecule is COc1cc2c(cc1OC)OCC=C2. The van der Waals surface area contributed by atoms with Crippen LogP contribution in [0.1, 0.15) is 5.56 Å². The quantitative estimate of drug-likeness (QED) is 0.718. The number of hydrogen-bond donors (Lipinski definition) is 0. The largest absolute Gasteiger partial charge is 0.493 e. The van der Waals surface area contributed by atoms with Crippen molar-refractivity contribution in [2.45, 2.75) is 0 Å². The highest BCUT2D eigenvalue weighted by Crippen LogP contribution is 2.36. The van der Waals surface area contributed by atoms with Gasteiger partial charge in [0.1, 0.15) is 12.4 Å². The van der Waals surface area contributed by atoms with E-state index in [1.54, 1.807) is 14.2 Å². The van der Waals surface area contributed by atoms with E-state index in [0.29, 0.717) is 12.4 Å². The van der Waals surface area contributed by atoms with Crippen molar-refractivity contribution in [2.24, 2.45) is 0 Å². The highest BCUT2D eigenvalue weighted by Gasteiger charge is 2.12. The minimum atomic E-state index is 0.614. The van der Waals surface area contributed by atoms with E-state index in [1.165, 1.54) is 0 Å². The number of fused-ring (bicyclic) bond motifs is 1. The van der Waals surface area contributed by atoms with Crippen LogP contribution in [0.25, 0.3) is 6.08 Å². The normalized spacial score (nSPS) is 13.0. The maximum atomic E-state index is 5.44. The fourth-order valence-corrected chi connectivity index (χ4v) is 1.44. The molecule has 0 saturated heterocycles. The first-order chi connectivity index (χ1) is 6.85. The summed E-state index contributed by atoms with van der Waals surface area (Å²) >= 11 is 0. The third-order valence-electron chi connectivity index (χ3n) is 2.15. The third kappa shape index (κ3) is 1.41. The Balaban J connectivity index is 2.50. The van der Waals surface area contributed by atoms with Crippen molar-refractivity contribution in [1.82, 2.24) is 0 Å². The van der Waals surface area contributed by atoms with Crippen LogP contribution in [0.4, 0.5) is 0 Å². The minimum absolute atomic E-state index is 0.614. The molecule has 14 heavy (non-hydrogen) atoms. The summed E-state index contributed by atoms with van der Waals surface area (Å²) in [4.78, 5) is 0. The van der Waals surface area contributed by atoms with E-state index >= 15 is 0 Å².